The summed E-state index contributed by atoms with van der Waals surface area (Å²) < 4.78 is 5.20. The van der Waals surface area contributed by atoms with Crippen molar-refractivity contribution in [2.45, 2.75) is 33.1 Å². The zero-order chi connectivity index (χ0) is 18.1. The Kier molecular flexibility index (Phi) is 4.58. The van der Waals surface area contributed by atoms with Crippen LogP contribution in [0.25, 0.3) is 10.6 Å². The minimum Gasteiger partial charge on any atom is -0.339 e. The number of aryl methyl sites for hydroxylation is 2. The second kappa shape index (κ2) is 7.03. The van der Waals surface area contributed by atoms with Crippen LogP contribution in [-0.4, -0.2) is 44.2 Å². The van der Waals surface area contributed by atoms with E-state index in [0.29, 0.717) is 23.3 Å². The van der Waals surface area contributed by atoms with Crippen LogP contribution in [0.15, 0.2) is 22.7 Å². The molecular formula is C18H21N5O2S. The molecule has 1 aliphatic rings. The van der Waals surface area contributed by atoms with E-state index in [-0.39, 0.29) is 5.91 Å². The SMILES string of the molecule is Cc1noc(CC2CCN(C(=O)c3cc(-c4ccc(C)s4)[nH]n3)CC2)n1. The summed E-state index contributed by atoms with van der Waals surface area (Å²) in [4.78, 5) is 21.2. The van der Waals surface area contributed by atoms with Crippen molar-refractivity contribution in [2.75, 3.05) is 13.1 Å². The molecule has 0 aliphatic carbocycles. The molecule has 4 rings (SSSR count). The molecule has 0 unspecified atom stereocenters. The van der Waals surface area contributed by atoms with Crippen molar-refractivity contribution in [3.63, 3.8) is 0 Å². The molecule has 0 radical (unpaired) electrons. The zero-order valence-electron chi connectivity index (χ0n) is 14.9. The summed E-state index contributed by atoms with van der Waals surface area (Å²) in [6.07, 6.45) is 2.66. The van der Waals surface area contributed by atoms with E-state index in [4.69, 9.17) is 4.52 Å². The van der Waals surface area contributed by atoms with Gasteiger partial charge in [0.25, 0.3) is 5.91 Å². The van der Waals surface area contributed by atoms with E-state index >= 15 is 0 Å². The molecule has 0 bridgehead atoms. The molecule has 1 amide bonds. The highest BCUT2D eigenvalue weighted by atomic mass is 32.1. The van der Waals surface area contributed by atoms with Gasteiger partial charge >= 0.3 is 0 Å². The number of likely N-dealkylation sites (tertiary alicyclic amines) is 1. The van der Waals surface area contributed by atoms with Gasteiger partial charge < -0.3 is 9.42 Å². The lowest BCUT2D eigenvalue weighted by Gasteiger charge is -2.30. The van der Waals surface area contributed by atoms with Gasteiger partial charge in [-0.25, -0.2) is 0 Å². The lowest BCUT2D eigenvalue weighted by molar-refractivity contribution is 0.0681. The fourth-order valence-corrected chi connectivity index (χ4v) is 4.14. The van der Waals surface area contributed by atoms with Gasteiger partial charge in [-0.05, 0) is 50.8 Å². The highest BCUT2D eigenvalue weighted by Crippen LogP contribution is 2.27. The number of carbonyl (C=O) groups is 1. The second-order valence-corrected chi connectivity index (χ2v) is 8.04. The molecule has 0 saturated carbocycles. The van der Waals surface area contributed by atoms with Crippen molar-refractivity contribution >= 4 is 17.2 Å². The third kappa shape index (κ3) is 3.55. The van der Waals surface area contributed by atoms with Crippen LogP contribution in [0.2, 0.25) is 0 Å². The molecule has 7 nitrogen and oxygen atoms in total. The molecular weight excluding hydrogens is 350 g/mol. The Labute approximate surface area is 155 Å². The van der Waals surface area contributed by atoms with Gasteiger partial charge in [-0.2, -0.15) is 10.1 Å². The second-order valence-electron chi connectivity index (χ2n) is 6.75. The molecule has 4 heterocycles. The average molecular weight is 371 g/mol. The van der Waals surface area contributed by atoms with Gasteiger partial charge in [0.05, 0.1) is 10.6 Å². The van der Waals surface area contributed by atoms with Gasteiger partial charge in [-0.3, -0.25) is 9.89 Å². The summed E-state index contributed by atoms with van der Waals surface area (Å²) in [6, 6.07) is 5.96. The van der Waals surface area contributed by atoms with Crippen LogP contribution in [0.5, 0.6) is 0 Å². The van der Waals surface area contributed by atoms with E-state index in [1.807, 2.05) is 24.0 Å². The van der Waals surface area contributed by atoms with Crippen LogP contribution in [0.3, 0.4) is 0 Å². The van der Waals surface area contributed by atoms with E-state index in [0.717, 1.165) is 42.9 Å². The van der Waals surface area contributed by atoms with Crippen LogP contribution < -0.4 is 0 Å². The largest absolute Gasteiger partial charge is 0.339 e. The number of nitrogens with zero attached hydrogens (tertiary/aromatic N) is 4. The topological polar surface area (TPSA) is 87.9 Å². The molecule has 3 aromatic rings. The number of nitrogens with one attached hydrogen (secondary N) is 1. The number of piperidine rings is 1. The summed E-state index contributed by atoms with van der Waals surface area (Å²) in [5.74, 6) is 1.83. The van der Waals surface area contributed by atoms with Crippen LogP contribution in [0, 0.1) is 19.8 Å². The Hall–Kier alpha value is -2.48. The predicted octanol–water partition coefficient (Wildman–Crippen LogP) is 3.23. The number of carbonyl (C=O) groups excluding carboxylic acids is 1. The first-order valence-corrected chi connectivity index (χ1v) is 9.61. The molecule has 0 aromatic carbocycles. The summed E-state index contributed by atoms with van der Waals surface area (Å²) in [6.45, 7) is 5.36. The van der Waals surface area contributed by atoms with Gasteiger partial charge in [0, 0.05) is 24.4 Å². The van der Waals surface area contributed by atoms with Crippen molar-refractivity contribution in [1.29, 1.82) is 0 Å². The summed E-state index contributed by atoms with van der Waals surface area (Å²) >= 11 is 1.69. The van der Waals surface area contributed by atoms with Crippen molar-refractivity contribution in [3.05, 3.63) is 40.5 Å². The van der Waals surface area contributed by atoms with Crippen LogP contribution in [0.4, 0.5) is 0 Å². The van der Waals surface area contributed by atoms with Crippen molar-refractivity contribution < 1.29 is 9.32 Å². The van der Waals surface area contributed by atoms with E-state index in [2.05, 4.69) is 33.3 Å². The quantitative estimate of drug-likeness (QED) is 0.761. The van der Waals surface area contributed by atoms with E-state index < -0.39 is 0 Å². The molecule has 1 fully saturated rings. The first-order chi connectivity index (χ1) is 12.6. The molecule has 3 aromatic heterocycles. The standard InChI is InChI=1S/C18H21N5O2S/c1-11-3-4-16(26-11)14-10-15(21-20-14)18(24)23-7-5-13(6-8-23)9-17-19-12(2)22-25-17/h3-4,10,13H,5-9H2,1-2H3,(H,20,21). The number of H-pyrrole nitrogens is 1. The van der Waals surface area contributed by atoms with Gasteiger partial charge in [0.15, 0.2) is 11.5 Å². The first kappa shape index (κ1) is 17.0. The maximum absolute atomic E-state index is 12.7. The number of aromatic amines is 1. The molecule has 8 heteroatoms. The molecule has 0 atom stereocenters. The van der Waals surface area contributed by atoms with Gasteiger partial charge in [0.2, 0.25) is 5.89 Å². The zero-order valence-corrected chi connectivity index (χ0v) is 15.7. The Morgan fingerprint density at radius 1 is 1.35 bits per heavy atom. The predicted molar refractivity (Wildman–Crippen MR) is 98.0 cm³/mol. The maximum atomic E-state index is 12.7. The van der Waals surface area contributed by atoms with Gasteiger partial charge in [-0.1, -0.05) is 5.16 Å². The Balaban J connectivity index is 1.35. The minimum absolute atomic E-state index is 0.00661. The lowest BCUT2D eigenvalue weighted by atomic mass is 9.93. The van der Waals surface area contributed by atoms with Crippen LogP contribution in [-0.2, 0) is 6.42 Å². The average Bonchev–Trinajstić information content (AvgIpc) is 3.36. The van der Waals surface area contributed by atoms with E-state index in [1.54, 1.807) is 11.3 Å². The number of aromatic nitrogens is 4. The van der Waals surface area contributed by atoms with Crippen LogP contribution in [0.1, 0.15) is 39.9 Å². The van der Waals surface area contributed by atoms with Crippen molar-refractivity contribution in [3.8, 4) is 10.6 Å². The normalized spacial score (nSPS) is 15.5. The van der Waals surface area contributed by atoms with Crippen molar-refractivity contribution in [1.82, 2.24) is 25.2 Å². The minimum atomic E-state index is -0.00661. The van der Waals surface area contributed by atoms with E-state index in [9.17, 15) is 4.79 Å². The highest BCUT2D eigenvalue weighted by molar-refractivity contribution is 7.15. The number of hydrogen-bond acceptors (Lipinski definition) is 6. The van der Waals surface area contributed by atoms with Crippen LogP contribution >= 0.6 is 11.3 Å². The van der Waals surface area contributed by atoms with Gasteiger partial charge in [0.1, 0.15) is 0 Å². The Morgan fingerprint density at radius 2 is 2.15 bits per heavy atom. The number of thiophene rings is 1. The Bertz CT molecular complexity index is 904. The monoisotopic (exact) mass is 371 g/mol. The molecule has 136 valence electrons. The molecule has 26 heavy (non-hydrogen) atoms. The summed E-state index contributed by atoms with van der Waals surface area (Å²) in [5, 5.41) is 11.0. The number of amides is 1. The summed E-state index contributed by atoms with van der Waals surface area (Å²) in [7, 11) is 0. The third-order valence-corrected chi connectivity index (χ3v) is 5.77. The number of hydrogen-bond donors (Lipinski definition) is 1. The fraction of sp³-hybridized carbons (Fsp3) is 0.444. The molecule has 0 spiro atoms. The van der Waals surface area contributed by atoms with Crippen molar-refractivity contribution in [2.24, 2.45) is 5.92 Å². The molecule has 1 aliphatic heterocycles. The fourth-order valence-electron chi connectivity index (χ4n) is 3.31. The highest BCUT2D eigenvalue weighted by Gasteiger charge is 2.26. The summed E-state index contributed by atoms with van der Waals surface area (Å²) in [5.41, 5.74) is 1.38. The smallest absolute Gasteiger partial charge is 0.274 e. The van der Waals surface area contributed by atoms with Gasteiger partial charge in [-0.15, -0.1) is 11.3 Å². The Morgan fingerprint density at radius 3 is 2.81 bits per heavy atom. The van der Waals surface area contributed by atoms with E-state index in [1.165, 1.54) is 4.88 Å². The lowest BCUT2D eigenvalue weighted by Crippen LogP contribution is -2.39. The molecule has 1 saturated heterocycles. The number of rotatable bonds is 4. The third-order valence-electron chi connectivity index (χ3n) is 4.74. The maximum Gasteiger partial charge on any atom is 0.274 e. The first-order valence-electron chi connectivity index (χ1n) is 8.79. The molecule has 1 N–H and O–H groups in total.